The normalized spacial score (nSPS) is 14.3. The Morgan fingerprint density at radius 3 is 2.57 bits per heavy atom. The summed E-state index contributed by atoms with van der Waals surface area (Å²) in [5.74, 6) is 0.786. The molecule has 116 valence electrons. The van der Waals surface area contributed by atoms with E-state index in [0.717, 1.165) is 5.56 Å². The Morgan fingerprint density at radius 2 is 1.87 bits per heavy atom. The van der Waals surface area contributed by atoms with Crippen LogP contribution in [0.2, 0.25) is 0 Å². The Bertz CT molecular complexity index is 794. The average molecular weight is 309 g/mol. The van der Waals surface area contributed by atoms with Crippen LogP contribution in [0.25, 0.3) is 6.08 Å². The summed E-state index contributed by atoms with van der Waals surface area (Å²) in [6.07, 6.45) is 1.20. The Labute approximate surface area is 133 Å². The van der Waals surface area contributed by atoms with Gasteiger partial charge in [-0.3, -0.25) is 4.79 Å². The van der Waals surface area contributed by atoms with Gasteiger partial charge in [0.05, 0.1) is 5.56 Å². The summed E-state index contributed by atoms with van der Waals surface area (Å²) in [5, 5.41) is 0. The van der Waals surface area contributed by atoms with E-state index in [1.165, 1.54) is 4.90 Å². The van der Waals surface area contributed by atoms with Gasteiger partial charge in [0, 0.05) is 20.2 Å². The fourth-order valence-corrected chi connectivity index (χ4v) is 2.12. The molecule has 0 unspecified atom stereocenters. The molecule has 0 aliphatic carbocycles. The van der Waals surface area contributed by atoms with Crippen LogP contribution in [0.15, 0.2) is 54.3 Å². The van der Waals surface area contributed by atoms with Crippen molar-refractivity contribution in [3.8, 4) is 11.5 Å². The number of ether oxygens (including phenoxy) is 2. The molecule has 2 aromatic rings. The number of ketones is 1. The fourth-order valence-electron chi connectivity index (χ4n) is 2.12. The molecule has 5 nitrogen and oxygen atoms in total. The molecule has 0 spiro atoms. The van der Waals surface area contributed by atoms with Crippen LogP contribution in [0.1, 0.15) is 15.9 Å². The highest BCUT2D eigenvalue weighted by Crippen LogP contribution is 2.34. The lowest BCUT2D eigenvalue weighted by molar-refractivity contribution is 0.101. The van der Waals surface area contributed by atoms with Crippen molar-refractivity contribution >= 4 is 18.0 Å². The maximum absolute atomic E-state index is 12.3. The summed E-state index contributed by atoms with van der Waals surface area (Å²) in [6, 6.07) is 14.2. The molecule has 0 atom stereocenters. The SMILES string of the molecule is CN(C)C(=O)Oc1ccc2c(c1)OC(=Cc1ccccc1)C2=O. The van der Waals surface area contributed by atoms with Crippen molar-refractivity contribution in [2.45, 2.75) is 0 Å². The van der Waals surface area contributed by atoms with Gasteiger partial charge < -0.3 is 14.4 Å². The quantitative estimate of drug-likeness (QED) is 0.798. The number of benzene rings is 2. The van der Waals surface area contributed by atoms with Crippen LogP contribution >= 0.6 is 0 Å². The highest BCUT2D eigenvalue weighted by atomic mass is 16.6. The molecule has 2 aromatic carbocycles. The largest absolute Gasteiger partial charge is 0.452 e. The van der Waals surface area contributed by atoms with Gasteiger partial charge in [-0.1, -0.05) is 30.3 Å². The number of fused-ring (bicyclic) bond motifs is 1. The van der Waals surface area contributed by atoms with Crippen molar-refractivity contribution in [3.63, 3.8) is 0 Å². The predicted octanol–water partition coefficient (Wildman–Crippen LogP) is 3.36. The van der Waals surface area contributed by atoms with Crippen LogP contribution in [0.5, 0.6) is 11.5 Å². The van der Waals surface area contributed by atoms with E-state index in [1.807, 2.05) is 30.3 Å². The van der Waals surface area contributed by atoms with Crippen molar-refractivity contribution in [1.29, 1.82) is 0 Å². The molecule has 0 N–H and O–H groups in total. The second-order valence-electron chi connectivity index (χ2n) is 5.27. The minimum Gasteiger partial charge on any atom is -0.452 e. The zero-order valence-corrected chi connectivity index (χ0v) is 12.8. The van der Waals surface area contributed by atoms with Crippen LogP contribution < -0.4 is 9.47 Å². The number of amides is 1. The van der Waals surface area contributed by atoms with Gasteiger partial charge in [0.25, 0.3) is 0 Å². The van der Waals surface area contributed by atoms with Crippen LogP contribution in [0, 0.1) is 0 Å². The van der Waals surface area contributed by atoms with E-state index in [4.69, 9.17) is 9.47 Å². The lowest BCUT2D eigenvalue weighted by atomic mass is 10.1. The molecule has 5 heteroatoms. The lowest BCUT2D eigenvalue weighted by Crippen LogP contribution is -2.25. The van der Waals surface area contributed by atoms with Crippen LogP contribution in [0.3, 0.4) is 0 Å². The third-order valence-electron chi connectivity index (χ3n) is 3.31. The van der Waals surface area contributed by atoms with Gasteiger partial charge in [-0.15, -0.1) is 0 Å². The number of hydrogen-bond acceptors (Lipinski definition) is 4. The second-order valence-corrected chi connectivity index (χ2v) is 5.27. The van der Waals surface area contributed by atoms with Gasteiger partial charge in [0.2, 0.25) is 5.78 Å². The molecular formula is C18H15NO4. The topological polar surface area (TPSA) is 55.8 Å². The molecule has 0 saturated carbocycles. The minimum atomic E-state index is -0.491. The zero-order valence-electron chi connectivity index (χ0n) is 12.8. The number of hydrogen-bond donors (Lipinski definition) is 0. The minimum absolute atomic E-state index is 0.186. The molecule has 1 aliphatic heterocycles. The van der Waals surface area contributed by atoms with Crippen molar-refractivity contribution in [2.24, 2.45) is 0 Å². The average Bonchev–Trinajstić information content (AvgIpc) is 2.84. The first-order chi connectivity index (χ1) is 11.0. The smallest absolute Gasteiger partial charge is 0.414 e. The van der Waals surface area contributed by atoms with E-state index >= 15 is 0 Å². The molecule has 0 saturated heterocycles. The first-order valence-electron chi connectivity index (χ1n) is 7.07. The van der Waals surface area contributed by atoms with Gasteiger partial charge in [-0.2, -0.15) is 0 Å². The van der Waals surface area contributed by atoms with Gasteiger partial charge >= 0.3 is 6.09 Å². The van der Waals surface area contributed by atoms with Gasteiger partial charge in [-0.25, -0.2) is 4.79 Å². The van der Waals surface area contributed by atoms with Crippen LogP contribution in [-0.2, 0) is 0 Å². The summed E-state index contributed by atoms with van der Waals surface area (Å²) in [6.45, 7) is 0. The molecule has 1 aliphatic rings. The number of carbonyl (C=O) groups excluding carboxylic acids is 2. The zero-order chi connectivity index (χ0) is 16.4. The lowest BCUT2D eigenvalue weighted by Gasteiger charge is -2.10. The molecule has 0 fully saturated rings. The summed E-state index contributed by atoms with van der Waals surface area (Å²) in [4.78, 5) is 25.2. The Morgan fingerprint density at radius 1 is 1.13 bits per heavy atom. The number of Topliss-reactive ketones (excluding diaryl/α,β-unsaturated/α-hetero) is 1. The maximum Gasteiger partial charge on any atom is 0.414 e. The number of allylic oxidation sites excluding steroid dienone is 1. The van der Waals surface area contributed by atoms with Crippen LogP contribution in [0.4, 0.5) is 4.79 Å². The molecule has 1 heterocycles. The van der Waals surface area contributed by atoms with Crippen LogP contribution in [-0.4, -0.2) is 30.9 Å². The Kier molecular flexibility index (Phi) is 3.85. The first kappa shape index (κ1) is 14.8. The highest BCUT2D eigenvalue weighted by molar-refractivity contribution is 6.14. The third-order valence-corrected chi connectivity index (χ3v) is 3.31. The van der Waals surface area contributed by atoms with E-state index in [0.29, 0.717) is 17.1 Å². The molecule has 0 bridgehead atoms. The molecule has 0 radical (unpaired) electrons. The van der Waals surface area contributed by atoms with E-state index < -0.39 is 6.09 Å². The second kappa shape index (κ2) is 5.96. The molecule has 23 heavy (non-hydrogen) atoms. The van der Waals surface area contributed by atoms with Crippen molar-refractivity contribution < 1.29 is 19.1 Å². The van der Waals surface area contributed by atoms with E-state index in [9.17, 15) is 9.59 Å². The number of carbonyl (C=O) groups is 2. The summed E-state index contributed by atoms with van der Waals surface area (Å²) >= 11 is 0. The fraction of sp³-hybridized carbons (Fsp3) is 0.111. The summed E-state index contributed by atoms with van der Waals surface area (Å²) in [5.41, 5.74) is 1.33. The van der Waals surface area contributed by atoms with E-state index in [-0.39, 0.29) is 11.5 Å². The van der Waals surface area contributed by atoms with Gasteiger partial charge in [-0.05, 0) is 23.8 Å². The standard InChI is InChI=1S/C18H15NO4/c1-19(2)18(21)22-13-8-9-14-15(11-13)23-16(17(14)20)10-12-6-4-3-5-7-12/h3-11H,1-2H3. The number of nitrogens with zero attached hydrogens (tertiary/aromatic N) is 1. The van der Waals surface area contributed by atoms with Crippen molar-refractivity contribution in [2.75, 3.05) is 14.1 Å². The Hall–Kier alpha value is -3.08. The Balaban J connectivity index is 1.85. The molecule has 3 rings (SSSR count). The van der Waals surface area contributed by atoms with Gasteiger partial charge in [0.1, 0.15) is 11.5 Å². The van der Waals surface area contributed by atoms with Gasteiger partial charge in [0.15, 0.2) is 5.76 Å². The molecular weight excluding hydrogens is 294 g/mol. The van der Waals surface area contributed by atoms with E-state index in [1.54, 1.807) is 38.4 Å². The predicted molar refractivity (Wildman–Crippen MR) is 85.5 cm³/mol. The highest BCUT2D eigenvalue weighted by Gasteiger charge is 2.28. The first-order valence-corrected chi connectivity index (χ1v) is 7.07. The van der Waals surface area contributed by atoms with Crippen molar-refractivity contribution in [1.82, 2.24) is 4.90 Å². The van der Waals surface area contributed by atoms with Crippen molar-refractivity contribution in [3.05, 3.63) is 65.4 Å². The summed E-state index contributed by atoms with van der Waals surface area (Å²) < 4.78 is 10.8. The van der Waals surface area contributed by atoms with E-state index in [2.05, 4.69) is 0 Å². The maximum atomic E-state index is 12.3. The third kappa shape index (κ3) is 3.08. The number of rotatable bonds is 2. The molecule has 0 aromatic heterocycles. The molecule has 1 amide bonds. The monoisotopic (exact) mass is 309 g/mol. The summed E-state index contributed by atoms with van der Waals surface area (Å²) in [7, 11) is 3.19.